The summed E-state index contributed by atoms with van der Waals surface area (Å²) in [5, 5.41) is 6.55. The predicted molar refractivity (Wildman–Crippen MR) is 108 cm³/mol. The minimum Gasteiger partial charge on any atom is -0.361 e. The van der Waals surface area contributed by atoms with E-state index < -0.39 is 0 Å². The third-order valence-electron chi connectivity index (χ3n) is 5.56. The van der Waals surface area contributed by atoms with E-state index in [4.69, 9.17) is 11.6 Å². The molecule has 26 heavy (non-hydrogen) atoms. The Morgan fingerprint density at radius 3 is 2.88 bits per heavy atom. The molecule has 4 rings (SSSR count). The number of nitrogens with zero attached hydrogens (tertiary/aromatic N) is 3. The summed E-state index contributed by atoms with van der Waals surface area (Å²) in [7, 11) is 0. The van der Waals surface area contributed by atoms with Crippen LogP contribution in [0.4, 0.5) is 0 Å². The zero-order chi connectivity index (χ0) is 17.9. The zero-order valence-corrected chi connectivity index (χ0v) is 16.2. The Kier molecular flexibility index (Phi) is 5.32. The van der Waals surface area contributed by atoms with Gasteiger partial charge in [-0.05, 0) is 74.0 Å². The van der Waals surface area contributed by atoms with Crippen molar-refractivity contribution in [1.29, 1.82) is 0 Å². The van der Waals surface area contributed by atoms with Crippen molar-refractivity contribution in [1.82, 2.24) is 19.7 Å². The van der Waals surface area contributed by atoms with Gasteiger partial charge in [-0.3, -0.25) is 4.68 Å². The van der Waals surface area contributed by atoms with Crippen molar-refractivity contribution in [2.45, 2.75) is 45.1 Å². The maximum absolute atomic E-state index is 6.20. The molecule has 0 bridgehead atoms. The summed E-state index contributed by atoms with van der Waals surface area (Å²) in [5.41, 5.74) is 3.98. The summed E-state index contributed by atoms with van der Waals surface area (Å²) < 4.78 is 2.06. The molecule has 5 heteroatoms. The normalized spacial score (nSPS) is 16.5. The third-order valence-corrected chi connectivity index (χ3v) is 5.79. The first-order valence-corrected chi connectivity index (χ1v) is 10.1. The lowest BCUT2D eigenvalue weighted by atomic mass is 9.89. The number of piperidine rings is 1. The average molecular weight is 371 g/mol. The molecule has 0 atom stereocenters. The SMILES string of the molecule is CCCn1cc(CCN2CCC(c3c[nH]c4ccc(Cl)cc34)CC2)cn1. The van der Waals surface area contributed by atoms with Crippen LogP contribution in [0.1, 0.15) is 43.2 Å². The van der Waals surface area contributed by atoms with Crippen molar-refractivity contribution in [2.75, 3.05) is 19.6 Å². The van der Waals surface area contributed by atoms with E-state index in [1.807, 2.05) is 12.3 Å². The minimum atomic E-state index is 0.630. The highest BCUT2D eigenvalue weighted by Crippen LogP contribution is 2.34. The van der Waals surface area contributed by atoms with E-state index in [-0.39, 0.29) is 0 Å². The Bertz CT molecular complexity index is 858. The molecule has 1 aromatic carbocycles. The Hall–Kier alpha value is -1.78. The lowest BCUT2D eigenvalue weighted by Gasteiger charge is -2.31. The van der Waals surface area contributed by atoms with Crippen LogP contribution < -0.4 is 0 Å². The maximum Gasteiger partial charge on any atom is 0.0522 e. The first-order valence-electron chi connectivity index (χ1n) is 9.73. The van der Waals surface area contributed by atoms with Gasteiger partial charge in [-0.1, -0.05) is 18.5 Å². The number of hydrogen-bond donors (Lipinski definition) is 1. The monoisotopic (exact) mass is 370 g/mol. The molecule has 0 amide bonds. The van der Waals surface area contributed by atoms with Crippen LogP contribution in [0.5, 0.6) is 0 Å². The summed E-state index contributed by atoms with van der Waals surface area (Å²) in [6.45, 7) is 6.67. The summed E-state index contributed by atoms with van der Waals surface area (Å²) in [4.78, 5) is 5.99. The van der Waals surface area contributed by atoms with Crippen molar-refractivity contribution in [3.05, 3.63) is 52.9 Å². The van der Waals surface area contributed by atoms with Gasteiger partial charge in [0.05, 0.1) is 6.20 Å². The highest BCUT2D eigenvalue weighted by atomic mass is 35.5. The number of likely N-dealkylation sites (tertiary alicyclic amines) is 1. The molecule has 0 radical (unpaired) electrons. The van der Waals surface area contributed by atoms with E-state index >= 15 is 0 Å². The van der Waals surface area contributed by atoms with Crippen molar-refractivity contribution >= 4 is 22.5 Å². The molecule has 1 aliphatic heterocycles. The second-order valence-electron chi connectivity index (χ2n) is 7.41. The predicted octanol–water partition coefficient (Wildman–Crippen LogP) is 4.85. The van der Waals surface area contributed by atoms with Gasteiger partial charge in [0, 0.05) is 41.4 Å². The summed E-state index contributed by atoms with van der Waals surface area (Å²) >= 11 is 6.20. The molecule has 0 aliphatic carbocycles. The van der Waals surface area contributed by atoms with Crippen LogP contribution in [0.2, 0.25) is 5.02 Å². The molecule has 4 nitrogen and oxygen atoms in total. The molecule has 1 saturated heterocycles. The van der Waals surface area contributed by atoms with Crippen LogP contribution in [0, 0.1) is 0 Å². The Balaban J connectivity index is 1.32. The van der Waals surface area contributed by atoms with Crippen molar-refractivity contribution in [3.8, 4) is 0 Å². The molecule has 0 saturated carbocycles. The van der Waals surface area contributed by atoms with Crippen LogP contribution in [-0.4, -0.2) is 39.3 Å². The van der Waals surface area contributed by atoms with Gasteiger partial charge in [0.15, 0.2) is 0 Å². The first-order chi connectivity index (χ1) is 12.7. The number of fused-ring (bicyclic) bond motifs is 1. The fourth-order valence-corrected chi connectivity index (χ4v) is 4.27. The maximum atomic E-state index is 6.20. The number of aromatic amines is 1. The Labute approximate surface area is 160 Å². The fourth-order valence-electron chi connectivity index (χ4n) is 4.09. The van der Waals surface area contributed by atoms with Crippen molar-refractivity contribution in [2.24, 2.45) is 0 Å². The molecule has 2 aromatic heterocycles. The number of aryl methyl sites for hydroxylation is 1. The molecule has 3 heterocycles. The van der Waals surface area contributed by atoms with Crippen LogP contribution in [-0.2, 0) is 13.0 Å². The van der Waals surface area contributed by atoms with Crippen molar-refractivity contribution < 1.29 is 0 Å². The lowest BCUT2D eigenvalue weighted by Crippen LogP contribution is -2.34. The number of H-pyrrole nitrogens is 1. The molecular formula is C21H27ClN4. The standard InChI is InChI=1S/C21H27ClN4/c1-2-8-26-15-16(13-24-26)5-9-25-10-6-17(7-11-25)20-14-23-21-4-3-18(22)12-19(20)21/h3-4,12-15,17,23H,2,5-11H2,1H3. The number of rotatable bonds is 6. The Morgan fingerprint density at radius 1 is 1.23 bits per heavy atom. The second kappa shape index (κ2) is 7.85. The van der Waals surface area contributed by atoms with E-state index in [1.54, 1.807) is 0 Å². The van der Waals surface area contributed by atoms with Gasteiger partial charge in [0.25, 0.3) is 0 Å². The van der Waals surface area contributed by atoms with Crippen LogP contribution in [0.15, 0.2) is 36.8 Å². The van der Waals surface area contributed by atoms with E-state index in [0.29, 0.717) is 5.92 Å². The number of aromatic nitrogens is 3. The van der Waals surface area contributed by atoms with Gasteiger partial charge in [-0.25, -0.2) is 0 Å². The number of benzene rings is 1. The van der Waals surface area contributed by atoms with E-state index in [9.17, 15) is 0 Å². The van der Waals surface area contributed by atoms with Gasteiger partial charge >= 0.3 is 0 Å². The highest BCUT2D eigenvalue weighted by Gasteiger charge is 2.22. The molecule has 1 N–H and O–H groups in total. The smallest absolute Gasteiger partial charge is 0.0522 e. The fraction of sp³-hybridized carbons (Fsp3) is 0.476. The second-order valence-corrected chi connectivity index (χ2v) is 7.85. The van der Waals surface area contributed by atoms with Crippen molar-refractivity contribution in [3.63, 3.8) is 0 Å². The summed E-state index contributed by atoms with van der Waals surface area (Å²) in [5.74, 6) is 0.630. The summed E-state index contributed by atoms with van der Waals surface area (Å²) in [6, 6.07) is 6.13. The van der Waals surface area contributed by atoms with E-state index in [2.05, 4.69) is 51.1 Å². The van der Waals surface area contributed by atoms with Crippen LogP contribution >= 0.6 is 11.6 Å². The lowest BCUT2D eigenvalue weighted by molar-refractivity contribution is 0.215. The van der Waals surface area contributed by atoms with Crippen LogP contribution in [0.25, 0.3) is 10.9 Å². The molecule has 138 valence electrons. The average Bonchev–Trinajstić information content (AvgIpc) is 3.27. The van der Waals surface area contributed by atoms with Crippen LogP contribution in [0.3, 0.4) is 0 Å². The van der Waals surface area contributed by atoms with Gasteiger partial charge < -0.3 is 9.88 Å². The largest absolute Gasteiger partial charge is 0.361 e. The van der Waals surface area contributed by atoms with Gasteiger partial charge in [0.2, 0.25) is 0 Å². The van der Waals surface area contributed by atoms with E-state index in [0.717, 1.165) is 31.0 Å². The molecule has 0 unspecified atom stereocenters. The van der Waals surface area contributed by atoms with Gasteiger partial charge in [-0.2, -0.15) is 5.10 Å². The molecule has 0 spiro atoms. The first kappa shape index (κ1) is 17.6. The molecule has 3 aromatic rings. The molecule has 1 fully saturated rings. The number of hydrogen-bond acceptors (Lipinski definition) is 2. The van der Waals surface area contributed by atoms with Gasteiger partial charge in [-0.15, -0.1) is 0 Å². The molecule has 1 aliphatic rings. The minimum absolute atomic E-state index is 0.630. The third kappa shape index (κ3) is 3.81. The van der Waals surface area contributed by atoms with Gasteiger partial charge in [0.1, 0.15) is 0 Å². The Morgan fingerprint density at radius 2 is 2.08 bits per heavy atom. The molecular weight excluding hydrogens is 344 g/mol. The topological polar surface area (TPSA) is 36.9 Å². The number of halogens is 1. The number of nitrogens with one attached hydrogen (secondary N) is 1. The summed E-state index contributed by atoms with van der Waals surface area (Å²) in [6.07, 6.45) is 11.1. The zero-order valence-electron chi connectivity index (χ0n) is 15.4. The van der Waals surface area contributed by atoms with E-state index in [1.165, 1.54) is 48.0 Å². The highest BCUT2D eigenvalue weighted by molar-refractivity contribution is 6.31. The quantitative estimate of drug-likeness (QED) is 0.673.